The second-order valence-electron chi connectivity index (χ2n) is 3.85. The molecule has 8 heteroatoms. The molecule has 2 heterocycles. The van der Waals surface area contributed by atoms with Crippen LogP contribution in [0, 0.1) is 0 Å². The molecule has 0 unspecified atom stereocenters. The fourth-order valence-corrected chi connectivity index (χ4v) is 3.58. The number of aromatic nitrogens is 2. The van der Waals surface area contributed by atoms with Gasteiger partial charge in [0.1, 0.15) is 5.51 Å². The summed E-state index contributed by atoms with van der Waals surface area (Å²) in [6.07, 6.45) is 0.845. The number of rotatable bonds is 3. The zero-order valence-corrected chi connectivity index (χ0v) is 10.9. The van der Waals surface area contributed by atoms with Gasteiger partial charge in [-0.15, -0.1) is 10.2 Å². The van der Waals surface area contributed by atoms with Gasteiger partial charge in [-0.3, -0.25) is 4.72 Å². The van der Waals surface area contributed by atoms with Gasteiger partial charge in [0.25, 0.3) is 10.0 Å². The van der Waals surface area contributed by atoms with Crippen LogP contribution in [0.5, 0.6) is 0 Å². The smallest absolute Gasteiger partial charge is 0.263 e. The predicted molar refractivity (Wildman–Crippen MR) is 69.4 cm³/mol. The average molecular weight is 282 g/mol. The van der Waals surface area contributed by atoms with Gasteiger partial charge in [0.2, 0.25) is 5.13 Å². The van der Waals surface area contributed by atoms with Gasteiger partial charge in [-0.2, -0.15) is 0 Å². The van der Waals surface area contributed by atoms with Gasteiger partial charge in [0.15, 0.2) is 0 Å². The maximum absolute atomic E-state index is 12.1. The molecule has 0 atom stereocenters. The quantitative estimate of drug-likeness (QED) is 0.886. The highest BCUT2D eigenvalue weighted by Gasteiger charge is 2.19. The van der Waals surface area contributed by atoms with Crippen LogP contribution in [0.2, 0.25) is 0 Å². The molecule has 3 rings (SSSR count). The van der Waals surface area contributed by atoms with E-state index in [1.807, 2.05) is 0 Å². The molecule has 2 N–H and O–H groups in total. The second kappa shape index (κ2) is 4.21. The average Bonchev–Trinajstić information content (AvgIpc) is 2.97. The molecular weight excluding hydrogens is 272 g/mol. The summed E-state index contributed by atoms with van der Waals surface area (Å²) < 4.78 is 26.6. The van der Waals surface area contributed by atoms with E-state index in [0.29, 0.717) is 0 Å². The Hall–Kier alpha value is -1.67. The summed E-state index contributed by atoms with van der Waals surface area (Å²) in [5.41, 5.74) is 3.50. The maximum atomic E-state index is 12.1. The third kappa shape index (κ3) is 2.04. The van der Waals surface area contributed by atoms with E-state index < -0.39 is 10.0 Å². The molecule has 0 spiro atoms. The van der Waals surface area contributed by atoms with Crippen LogP contribution in [0.4, 0.5) is 10.8 Å². The lowest BCUT2D eigenvalue weighted by atomic mass is 10.2. The van der Waals surface area contributed by atoms with Crippen molar-refractivity contribution in [2.75, 3.05) is 16.6 Å². The highest BCUT2D eigenvalue weighted by molar-refractivity contribution is 7.93. The Kier molecular flexibility index (Phi) is 2.67. The van der Waals surface area contributed by atoms with E-state index in [-0.39, 0.29) is 10.0 Å². The summed E-state index contributed by atoms with van der Waals surface area (Å²) in [6.45, 7) is 0.850. The van der Waals surface area contributed by atoms with Gasteiger partial charge in [-0.1, -0.05) is 11.3 Å². The van der Waals surface area contributed by atoms with Crippen molar-refractivity contribution in [2.24, 2.45) is 0 Å². The fourth-order valence-electron chi connectivity index (χ4n) is 1.84. The Morgan fingerprint density at radius 2 is 2.28 bits per heavy atom. The van der Waals surface area contributed by atoms with Crippen LogP contribution < -0.4 is 10.0 Å². The zero-order chi connectivity index (χ0) is 12.6. The molecule has 18 heavy (non-hydrogen) atoms. The van der Waals surface area contributed by atoms with Crippen molar-refractivity contribution in [3.05, 3.63) is 29.3 Å². The van der Waals surface area contributed by atoms with Crippen molar-refractivity contribution in [1.29, 1.82) is 0 Å². The van der Waals surface area contributed by atoms with E-state index in [4.69, 9.17) is 0 Å². The van der Waals surface area contributed by atoms with Crippen molar-refractivity contribution >= 4 is 32.2 Å². The van der Waals surface area contributed by atoms with Crippen LogP contribution in [-0.2, 0) is 16.4 Å². The summed E-state index contributed by atoms with van der Waals surface area (Å²) >= 11 is 1.15. The molecule has 94 valence electrons. The molecule has 0 aliphatic carbocycles. The number of fused-ring (bicyclic) bond motifs is 1. The minimum atomic E-state index is -3.57. The molecule has 1 aliphatic heterocycles. The molecule has 6 nitrogen and oxygen atoms in total. The van der Waals surface area contributed by atoms with Gasteiger partial charge in [0.05, 0.1) is 4.90 Å². The molecule has 0 bridgehead atoms. The number of nitrogens with zero attached hydrogens (tertiary/aromatic N) is 2. The molecule has 0 radical (unpaired) electrons. The number of hydrogen-bond acceptors (Lipinski definition) is 6. The first-order valence-electron chi connectivity index (χ1n) is 5.31. The van der Waals surface area contributed by atoms with Gasteiger partial charge in [-0.25, -0.2) is 8.42 Å². The second-order valence-corrected chi connectivity index (χ2v) is 6.36. The van der Waals surface area contributed by atoms with Crippen molar-refractivity contribution in [2.45, 2.75) is 11.3 Å². The summed E-state index contributed by atoms with van der Waals surface area (Å²) in [7, 11) is -3.57. The monoisotopic (exact) mass is 282 g/mol. The number of benzene rings is 1. The first kappa shape index (κ1) is 11.4. The number of anilines is 2. The van der Waals surface area contributed by atoms with Crippen molar-refractivity contribution < 1.29 is 8.42 Å². The van der Waals surface area contributed by atoms with Gasteiger partial charge in [0, 0.05) is 12.2 Å². The minimum Gasteiger partial charge on any atom is -0.384 e. The van der Waals surface area contributed by atoms with Crippen LogP contribution in [0.1, 0.15) is 5.56 Å². The molecule has 0 saturated heterocycles. The van der Waals surface area contributed by atoms with Crippen LogP contribution in [0.3, 0.4) is 0 Å². The zero-order valence-electron chi connectivity index (χ0n) is 9.25. The first-order chi connectivity index (χ1) is 8.65. The Bertz CT molecular complexity index is 667. The van der Waals surface area contributed by atoms with Crippen molar-refractivity contribution in [3.63, 3.8) is 0 Å². The molecular formula is C10H10N4O2S2. The Labute approximate surface area is 108 Å². The maximum Gasteiger partial charge on any atom is 0.263 e. The lowest BCUT2D eigenvalue weighted by molar-refractivity contribution is 0.601. The minimum absolute atomic E-state index is 0.250. The standard InChI is InChI=1S/C10H10N4O2S2/c15-18(16,14-10-13-12-6-17-10)8-1-2-9-7(5-8)3-4-11-9/h1-2,5-6,11H,3-4H2,(H,13,14). The van der Waals surface area contributed by atoms with Gasteiger partial charge in [-0.05, 0) is 30.2 Å². The topological polar surface area (TPSA) is 84.0 Å². The molecule has 1 aliphatic rings. The molecule has 1 aromatic carbocycles. The van der Waals surface area contributed by atoms with E-state index in [9.17, 15) is 8.42 Å². The lowest BCUT2D eigenvalue weighted by Crippen LogP contribution is -2.13. The Balaban J connectivity index is 1.94. The van der Waals surface area contributed by atoms with Gasteiger partial charge >= 0.3 is 0 Å². The van der Waals surface area contributed by atoms with Crippen LogP contribution in [-0.4, -0.2) is 25.2 Å². The van der Waals surface area contributed by atoms with E-state index in [1.54, 1.807) is 18.2 Å². The lowest BCUT2D eigenvalue weighted by Gasteiger charge is -2.06. The summed E-state index contributed by atoms with van der Waals surface area (Å²) in [6, 6.07) is 5.07. The van der Waals surface area contributed by atoms with Gasteiger partial charge < -0.3 is 5.32 Å². The number of sulfonamides is 1. The predicted octanol–water partition coefficient (Wildman–Crippen LogP) is 1.31. The van der Waals surface area contributed by atoms with Crippen molar-refractivity contribution in [1.82, 2.24) is 10.2 Å². The van der Waals surface area contributed by atoms with Crippen LogP contribution in [0.15, 0.2) is 28.6 Å². The fraction of sp³-hybridized carbons (Fsp3) is 0.200. The molecule has 0 amide bonds. The van der Waals surface area contributed by atoms with E-state index in [2.05, 4.69) is 20.2 Å². The number of nitrogens with one attached hydrogen (secondary N) is 2. The van der Waals surface area contributed by atoms with Crippen LogP contribution in [0.25, 0.3) is 0 Å². The van der Waals surface area contributed by atoms with E-state index >= 15 is 0 Å². The SMILES string of the molecule is O=S(=O)(Nc1nncs1)c1ccc2c(c1)CCN2. The highest BCUT2D eigenvalue weighted by atomic mass is 32.2. The molecule has 1 aromatic heterocycles. The number of hydrogen-bond donors (Lipinski definition) is 2. The first-order valence-corrected chi connectivity index (χ1v) is 7.67. The third-order valence-electron chi connectivity index (χ3n) is 2.68. The normalized spacial score (nSPS) is 14.0. The molecule has 2 aromatic rings. The summed E-state index contributed by atoms with van der Waals surface area (Å²) in [5, 5.41) is 10.7. The summed E-state index contributed by atoms with van der Waals surface area (Å²) in [4.78, 5) is 0.250. The third-order valence-corrected chi connectivity index (χ3v) is 4.75. The largest absolute Gasteiger partial charge is 0.384 e. The Morgan fingerprint density at radius 3 is 3.06 bits per heavy atom. The van der Waals surface area contributed by atoms with Crippen molar-refractivity contribution in [3.8, 4) is 0 Å². The van der Waals surface area contributed by atoms with E-state index in [0.717, 1.165) is 35.6 Å². The Morgan fingerprint density at radius 1 is 1.39 bits per heavy atom. The summed E-state index contributed by atoms with van der Waals surface area (Å²) in [5.74, 6) is 0. The molecule has 0 saturated carbocycles. The van der Waals surface area contributed by atoms with E-state index in [1.165, 1.54) is 5.51 Å². The van der Waals surface area contributed by atoms with Crippen LogP contribution >= 0.6 is 11.3 Å². The highest BCUT2D eigenvalue weighted by Crippen LogP contribution is 2.26. The molecule has 0 fully saturated rings.